The van der Waals surface area contributed by atoms with Gasteiger partial charge in [-0.15, -0.1) is 0 Å². The number of carbonyl (C=O) groups excluding carboxylic acids is 1. The first-order valence-corrected chi connectivity index (χ1v) is 11.4. The highest BCUT2D eigenvalue weighted by Crippen LogP contribution is 2.21. The Balaban J connectivity index is 1.85. The van der Waals surface area contributed by atoms with E-state index in [2.05, 4.69) is 12.2 Å². The van der Waals surface area contributed by atoms with E-state index in [-0.39, 0.29) is 23.6 Å². The zero-order valence-electron chi connectivity index (χ0n) is 16.0. The van der Waals surface area contributed by atoms with Gasteiger partial charge < -0.3 is 5.32 Å². The highest BCUT2D eigenvalue weighted by Gasteiger charge is 2.32. The van der Waals surface area contributed by atoms with Crippen molar-refractivity contribution in [3.8, 4) is 0 Å². The predicted molar refractivity (Wildman–Crippen MR) is 105 cm³/mol. The molecule has 1 saturated heterocycles. The summed E-state index contributed by atoms with van der Waals surface area (Å²) >= 11 is 0. The van der Waals surface area contributed by atoms with E-state index in [1.54, 1.807) is 0 Å². The lowest BCUT2D eigenvalue weighted by molar-refractivity contribution is -0.126. The normalized spacial score (nSPS) is 19.8. The van der Waals surface area contributed by atoms with Crippen LogP contribution >= 0.6 is 0 Å². The second-order valence-corrected chi connectivity index (χ2v) is 9.39. The highest BCUT2D eigenvalue weighted by molar-refractivity contribution is 7.89. The van der Waals surface area contributed by atoms with E-state index in [0.29, 0.717) is 19.5 Å². The summed E-state index contributed by atoms with van der Waals surface area (Å²) < 4.78 is 26.8. The molecule has 0 bridgehead atoms. The topological polar surface area (TPSA) is 66.5 Å². The molecule has 0 radical (unpaired) electrons. The fourth-order valence-electron chi connectivity index (χ4n) is 3.51. The maximum Gasteiger partial charge on any atom is 0.224 e. The minimum Gasteiger partial charge on any atom is -0.353 e. The standard InChI is InChI=1S/C20H32N2O3S/c1-3-9-17(2)21-20(23)19-13-7-14-22(16-19)26(24,25)15-8-12-18-10-5-4-6-11-18/h4-6,10-11,17,19H,3,7-9,12-16H2,1-2H3,(H,21,23)/t17-,19-/m0/s1. The molecule has 6 heteroatoms. The molecule has 0 unspecified atom stereocenters. The highest BCUT2D eigenvalue weighted by atomic mass is 32.2. The minimum absolute atomic E-state index is 0.00450. The van der Waals surface area contributed by atoms with Crippen LogP contribution in [0.4, 0.5) is 0 Å². The monoisotopic (exact) mass is 380 g/mol. The van der Waals surface area contributed by atoms with Crippen molar-refractivity contribution in [3.05, 3.63) is 35.9 Å². The van der Waals surface area contributed by atoms with Crippen LogP contribution in [0.5, 0.6) is 0 Å². The number of benzene rings is 1. The molecule has 0 aliphatic carbocycles. The second-order valence-electron chi connectivity index (χ2n) is 7.30. The van der Waals surface area contributed by atoms with Crippen molar-refractivity contribution in [2.24, 2.45) is 5.92 Å². The lowest BCUT2D eigenvalue weighted by atomic mass is 9.98. The van der Waals surface area contributed by atoms with Crippen LogP contribution in [0.2, 0.25) is 0 Å². The first-order chi connectivity index (χ1) is 12.4. The quantitative estimate of drug-likeness (QED) is 0.716. The summed E-state index contributed by atoms with van der Waals surface area (Å²) in [5.41, 5.74) is 1.16. The molecule has 1 aliphatic rings. The fourth-order valence-corrected chi connectivity index (χ4v) is 5.09. The molecule has 146 valence electrons. The van der Waals surface area contributed by atoms with E-state index in [4.69, 9.17) is 0 Å². The van der Waals surface area contributed by atoms with Crippen LogP contribution < -0.4 is 5.32 Å². The number of carbonyl (C=O) groups is 1. The summed E-state index contributed by atoms with van der Waals surface area (Å²) in [7, 11) is -3.31. The van der Waals surface area contributed by atoms with Crippen LogP contribution in [-0.2, 0) is 21.2 Å². The van der Waals surface area contributed by atoms with Gasteiger partial charge in [-0.1, -0.05) is 43.7 Å². The average Bonchev–Trinajstić information content (AvgIpc) is 2.63. The molecule has 1 aromatic rings. The van der Waals surface area contributed by atoms with E-state index in [1.165, 1.54) is 4.31 Å². The molecule has 2 rings (SSSR count). The zero-order chi connectivity index (χ0) is 19.0. The third-order valence-corrected chi connectivity index (χ3v) is 6.89. The van der Waals surface area contributed by atoms with Crippen LogP contribution in [0.3, 0.4) is 0 Å². The fraction of sp³-hybridized carbons (Fsp3) is 0.650. The molecule has 26 heavy (non-hydrogen) atoms. The van der Waals surface area contributed by atoms with Gasteiger partial charge in [0.25, 0.3) is 0 Å². The average molecular weight is 381 g/mol. The van der Waals surface area contributed by atoms with Gasteiger partial charge in [0.05, 0.1) is 11.7 Å². The van der Waals surface area contributed by atoms with Crippen molar-refractivity contribution in [1.82, 2.24) is 9.62 Å². The molecular weight excluding hydrogens is 348 g/mol. The Hall–Kier alpha value is -1.40. The van der Waals surface area contributed by atoms with Crippen molar-refractivity contribution in [3.63, 3.8) is 0 Å². The van der Waals surface area contributed by atoms with E-state index in [1.807, 2.05) is 37.3 Å². The first-order valence-electron chi connectivity index (χ1n) is 9.74. The molecule has 5 nitrogen and oxygen atoms in total. The van der Waals surface area contributed by atoms with Gasteiger partial charge in [0, 0.05) is 19.1 Å². The molecule has 0 spiro atoms. The van der Waals surface area contributed by atoms with Crippen molar-refractivity contribution in [1.29, 1.82) is 0 Å². The van der Waals surface area contributed by atoms with Crippen molar-refractivity contribution in [2.75, 3.05) is 18.8 Å². The summed E-state index contributed by atoms with van der Waals surface area (Å²) in [6.07, 6.45) is 4.84. The van der Waals surface area contributed by atoms with Gasteiger partial charge in [0.2, 0.25) is 15.9 Å². The summed E-state index contributed by atoms with van der Waals surface area (Å²) in [6.45, 7) is 4.94. The Morgan fingerprint density at radius 3 is 2.73 bits per heavy atom. The third kappa shape index (κ3) is 6.40. The number of amides is 1. The van der Waals surface area contributed by atoms with Gasteiger partial charge in [0.1, 0.15) is 0 Å². The van der Waals surface area contributed by atoms with E-state index in [0.717, 1.165) is 37.7 Å². The first kappa shape index (κ1) is 20.9. The van der Waals surface area contributed by atoms with Crippen molar-refractivity contribution in [2.45, 2.75) is 58.4 Å². The van der Waals surface area contributed by atoms with Gasteiger partial charge in [-0.25, -0.2) is 12.7 Å². The maximum atomic E-state index is 12.7. The molecule has 0 aromatic heterocycles. The number of nitrogens with zero attached hydrogens (tertiary/aromatic N) is 1. The van der Waals surface area contributed by atoms with E-state index < -0.39 is 10.0 Å². The summed E-state index contributed by atoms with van der Waals surface area (Å²) in [6, 6.07) is 10.1. The van der Waals surface area contributed by atoms with Crippen LogP contribution in [0.15, 0.2) is 30.3 Å². The Morgan fingerprint density at radius 1 is 1.31 bits per heavy atom. The molecule has 1 aliphatic heterocycles. The van der Waals surface area contributed by atoms with E-state index >= 15 is 0 Å². The zero-order valence-corrected chi connectivity index (χ0v) is 16.8. The van der Waals surface area contributed by atoms with Crippen LogP contribution in [0.25, 0.3) is 0 Å². The van der Waals surface area contributed by atoms with Crippen LogP contribution in [0.1, 0.15) is 51.5 Å². The lowest BCUT2D eigenvalue weighted by Crippen LogP contribution is -2.47. The third-order valence-electron chi connectivity index (χ3n) is 4.97. The SMILES string of the molecule is CCC[C@H](C)NC(=O)[C@H]1CCCN(S(=O)(=O)CCCc2ccccc2)C1. The summed E-state index contributed by atoms with van der Waals surface area (Å²) in [5.74, 6) is -0.0928. The Kier molecular flexibility index (Phi) is 8.10. The van der Waals surface area contributed by atoms with E-state index in [9.17, 15) is 13.2 Å². The Labute approximate surface area is 158 Å². The molecule has 1 amide bonds. The van der Waals surface area contributed by atoms with Gasteiger partial charge in [-0.05, 0) is 44.6 Å². The number of aryl methyl sites for hydroxylation is 1. The summed E-state index contributed by atoms with van der Waals surface area (Å²) in [5, 5.41) is 3.03. The lowest BCUT2D eigenvalue weighted by Gasteiger charge is -2.32. The van der Waals surface area contributed by atoms with Gasteiger partial charge in [-0.3, -0.25) is 4.79 Å². The molecule has 1 heterocycles. The molecule has 1 fully saturated rings. The van der Waals surface area contributed by atoms with Gasteiger partial charge in [0.15, 0.2) is 0 Å². The Morgan fingerprint density at radius 2 is 2.04 bits per heavy atom. The van der Waals surface area contributed by atoms with Crippen molar-refractivity contribution >= 4 is 15.9 Å². The molecular formula is C20H32N2O3S. The minimum atomic E-state index is -3.31. The molecule has 2 atom stereocenters. The molecule has 1 aromatic carbocycles. The summed E-state index contributed by atoms with van der Waals surface area (Å²) in [4.78, 5) is 12.4. The van der Waals surface area contributed by atoms with Gasteiger partial charge >= 0.3 is 0 Å². The predicted octanol–water partition coefficient (Wildman–Crippen LogP) is 2.97. The second kappa shape index (κ2) is 10.1. The molecule has 0 saturated carbocycles. The number of sulfonamides is 1. The Bertz CT molecular complexity index is 661. The van der Waals surface area contributed by atoms with Crippen LogP contribution in [-0.4, -0.2) is 43.5 Å². The number of hydrogen-bond acceptors (Lipinski definition) is 3. The van der Waals surface area contributed by atoms with Crippen LogP contribution in [0, 0.1) is 5.92 Å². The largest absolute Gasteiger partial charge is 0.353 e. The number of nitrogens with one attached hydrogen (secondary N) is 1. The number of hydrogen-bond donors (Lipinski definition) is 1. The van der Waals surface area contributed by atoms with Gasteiger partial charge in [-0.2, -0.15) is 0 Å². The van der Waals surface area contributed by atoms with Crippen molar-refractivity contribution < 1.29 is 13.2 Å². The smallest absolute Gasteiger partial charge is 0.224 e. The number of piperidine rings is 1. The maximum absolute atomic E-state index is 12.7. The molecule has 1 N–H and O–H groups in total. The number of rotatable bonds is 9.